The van der Waals surface area contributed by atoms with E-state index in [1.807, 2.05) is 0 Å². The normalized spacial score (nSPS) is 17.2. The van der Waals surface area contributed by atoms with Crippen molar-refractivity contribution in [3.63, 3.8) is 0 Å². The fraction of sp³-hybridized carbons (Fsp3) is 0.280. The zero-order valence-electron chi connectivity index (χ0n) is 20.5. The number of aromatic nitrogens is 1. The van der Waals surface area contributed by atoms with Crippen molar-refractivity contribution in [2.75, 3.05) is 20.3 Å². The van der Waals surface area contributed by atoms with Gasteiger partial charge in [0.2, 0.25) is 0 Å². The summed E-state index contributed by atoms with van der Waals surface area (Å²) in [6, 6.07) is 10.5. The number of hydrogen-bond donors (Lipinski definition) is 1. The predicted octanol–water partition coefficient (Wildman–Crippen LogP) is 4.11. The van der Waals surface area contributed by atoms with E-state index in [-0.39, 0.29) is 47.4 Å². The highest BCUT2D eigenvalue weighted by Gasteiger charge is 2.32. The van der Waals surface area contributed by atoms with Crippen molar-refractivity contribution in [3.8, 4) is 22.6 Å². The van der Waals surface area contributed by atoms with Crippen LogP contribution in [-0.2, 0) is 34.2 Å². The highest BCUT2D eigenvalue weighted by atomic mass is 35.5. The Kier molecular flexibility index (Phi) is 7.18. The number of alkyl halides is 3. The first-order chi connectivity index (χ1) is 18.5. The molecule has 1 aromatic heterocycles. The first-order valence-electron chi connectivity index (χ1n) is 11.7. The molecular weight excluding hydrogens is 561 g/mol. The van der Waals surface area contributed by atoms with Crippen LogP contribution in [0, 0.1) is 0 Å². The number of hydrogen-bond acceptors (Lipinski definition) is 5. The maximum Gasteiger partial charge on any atom is 0.416 e. The Bertz CT molecular complexity index is 1630. The smallest absolute Gasteiger partial charge is 0.416 e. The number of halogens is 4. The highest BCUT2D eigenvalue weighted by Crippen LogP contribution is 2.39. The van der Waals surface area contributed by atoms with Crippen LogP contribution in [0.4, 0.5) is 13.2 Å². The topological polar surface area (TPSA) is 102 Å². The van der Waals surface area contributed by atoms with Crippen molar-refractivity contribution < 1.29 is 31.2 Å². The summed E-state index contributed by atoms with van der Waals surface area (Å²) in [6.07, 6.45) is -3.99. The van der Waals surface area contributed by atoms with Crippen LogP contribution in [0.5, 0.6) is 5.75 Å². The van der Waals surface area contributed by atoms with Gasteiger partial charge in [-0.1, -0.05) is 29.8 Å². The summed E-state index contributed by atoms with van der Waals surface area (Å²) in [5.74, 6) is 0.419. The number of rotatable bonds is 5. The van der Waals surface area contributed by atoms with Crippen molar-refractivity contribution in [3.05, 3.63) is 80.7 Å². The van der Waals surface area contributed by atoms with Gasteiger partial charge in [-0.25, -0.2) is 0 Å². The van der Waals surface area contributed by atoms with Gasteiger partial charge in [-0.05, 0) is 35.4 Å². The minimum atomic E-state index is -4.53. The second-order valence-electron chi connectivity index (χ2n) is 8.86. The van der Waals surface area contributed by atoms with E-state index in [1.165, 1.54) is 46.3 Å². The summed E-state index contributed by atoms with van der Waals surface area (Å²) < 4.78 is 77.4. The summed E-state index contributed by atoms with van der Waals surface area (Å²) in [6.45, 7) is 0.364. The molecule has 0 aliphatic carbocycles. The van der Waals surface area contributed by atoms with E-state index in [4.69, 9.17) is 21.2 Å². The van der Waals surface area contributed by atoms with E-state index in [0.717, 1.165) is 12.1 Å². The third-order valence-corrected chi connectivity index (χ3v) is 8.15. The number of nitrogens with one attached hydrogen (secondary N) is 1. The molecule has 1 fully saturated rings. The van der Waals surface area contributed by atoms with Gasteiger partial charge in [0, 0.05) is 43.3 Å². The third kappa shape index (κ3) is 5.39. The molecule has 2 aliphatic heterocycles. The van der Waals surface area contributed by atoms with Crippen LogP contribution in [0.15, 0.2) is 57.7 Å². The standard InChI is InChI=1S/C25H22ClF3N4O5S/c1-37-22-12-18(15-3-2-4-17(11-15)25(27,28)29)19(26)13-21(22)33-20-7-9-32(14-16(20)5-6-24(33)34)39(35,36)31-23-8-10-38-30-23/h2-6,11-13H,7-10,14H2,1H3,(H,30,31). The van der Waals surface area contributed by atoms with Crippen LogP contribution in [-0.4, -0.2) is 43.4 Å². The van der Waals surface area contributed by atoms with Gasteiger partial charge in [0.25, 0.3) is 5.56 Å². The molecule has 3 aromatic rings. The molecule has 14 heteroatoms. The molecule has 0 spiro atoms. The van der Waals surface area contributed by atoms with Gasteiger partial charge in [0.1, 0.15) is 11.6 Å². The SMILES string of the molecule is COc1cc(-c2cccc(C(F)(F)F)c2)c(Cl)cc1-n1c2c(ccc1=O)CN(S(=O)(=O)N=C1CCON1)CC2. The van der Waals surface area contributed by atoms with Gasteiger partial charge >= 0.3 is 16.4 Å². The van der Waals surface area contributed by atoms with E-state index in [2.05, 4.69) is 9.88 Å². The predicted molar refractivity (Wildman–Crippen MR) is 138 cm³/mol. The molecule has 2 aromatic carbocycles. The van der Waals surface area contributed by atoms with Gasteiger partial charge in [0.15, 0.2) is 0 Å². The van der Waals surface area contributed by atoms with Crippen LogP contribution in [0.2, 0.25) is 5.02 Å². The Morgan fingerprint density at radius 3 is 2.62 bits per heavy atom. The lowest BCUT2D eigenvalue weighted by molar-refractivity contribution is -0.137. The van der Waals surface area contributed by atoms with Gasteiger partial charge in [-0.15, -0.1) is 4.40 Å². The number of pyridine rings is 1. The molecule has 2 aliphatic rings. The molecule has 3 heterocycles. The molecule has 0 saturated carbocycles. The first-order valence-corrected chi connectivity index (χ1v) is 13.5. The number of ether oxygens (including phenoxy) is 1. The van der Waals surface area contributed by atoms with E-state index >= 15 is 0 Å². The molecule has 39 heavy (non-hydrogen) atoms. The van der Waals surface area contributed by atoms with Gasteiger partial charge in [0.05, 0.1) is 30.0 Å². The minimum Gasteiger partial charge on any atom is -0.495 e. The van der Waals surface area contributed by atoms with Crippen LogP contribution in [0.1, 0.15) is 23.2 Å². The summed E-state index contributed by atoms with van der Waals surface area (Å²) in [7, 11) is -2.63. The quantitative estimate of drug-likeness (QED) is 0.486. The Balaban J connectivity index is 1.55. The summed E-state index contributed by atoms with van der Waals surface area (Å²) >= 11 is 6.54. The van der Waals surface area contributed by atoms with Crippen LogP contribution in [0.25, 0.3) is 16.8 Å². The minimum absolute atomic E-state index is 0.0199. The molecule has 9 nitrogen and oxygen atoms in total. The highest BCUT2D eigenvalue weighted by molar-refractivity contribution is 7.87. The molecule has 206 valence electrons. The van der Waals surface area contributed by atoms with E-state index in [1.54, 1.807) is 6.07 Å². The number of amidine groups is 1. The van der Waals surface area contributed by atoms with Crippen LogP contribution in [0.3, 0.4) is 0 Å². The molecule has 0 atom stereocenters. The average molecular weight is 583 g/mol. The summed E-state index contributed by atoms with van der Waals surface area (Å²) in [5, 5.41) is 0.108. The molecule has 0 radical (unpaired) electrons. The van der Waals surface area contributed by atoms with Crippen LogP contribution >= 0.6 is 11.6 Å². The zero-order chi connectivity index (χ0) is 27.9. The van der Waals surface area contributed by atoms with Crippen molar-refractivity contribution in [2.24, 2.45) is 4.40 Å². The molecule has 1 saturated heterocycles. The zero-order valence-corrected chi connectivity index (χ0v) is 22.0. The lowest BCUT2D eigenvalue weighted by atomic mass is 10.0. The van der Waals surface area contributed by atoms with Crippen LogP contribution < -0.4 is 15.8 Å². The van der Waals surface area contributed by atoms with E-state index < -0.39 is 27.5 Å². The van der Waals surface area contributed by atoms with Crippen molar-refractivity contribution in [1.29, 1.82) is 0 Å². The maximum atomic E-state index is 13.3. The molecule has 0 bridgehead atoms. The Hall–Kier alpha value is -3.39. The number of fused-ring (bicyclic) bond motifs is 1. The monoisotopic (exact) mass is 582 g/mol. The molecule has 1 N–H and O–H groups in total. The van der Waals surface area contributed by atoms with E-state index in [0.29, 0.717) is 29.8 Å². The number of nitrogens with zero attached hydrogens (tertiary/aromatic N) is 3. The fourth-order valence-corrected chi connectivity index (χ4v) is 5.97. The van der Waals surface area contributed by atoms with Gasteiger partial charge in [-0.2, -0.15) is 25.9 Å². The average Bonchev–Trinajstić information content (AvgIpc) is 3.40. The summed E-state index contributed by atoms with van der Waals surface area (Å²) in [5.41, 5.74) is 3.19. The molecular formula is C25H22ClF3N4O5S. The third-order valence-electron chi connectivity index (χ3n) is 6.43. The molecule has 0 amide bonds. The number of methoxy groups -OCH3 is 1. The molecule has 0 unspecified atom stereocenters. The Labute approximate surface area is 226 Å². The van der Waals surface area contributed by atoms with Gasteiger partial charge < -0.3 is 4.74 Å². The van der Waals surface area contributed by atoms with Crippen molar-refractivity contribution >= 4 is 27.6 Å². The Morgan fingerprint density at radius 1 is 1.13 bits per heavy atom. The number of benzene rings is 2. The number of hydroxylamine groups is 1. The lowest BCUT2D eigenvalue weighted by Crippen LogP contribution is -2.38. The fourth-order valence-electron chi connectivity index (χ4n) is 4.56. The maximum absolute atomic E-state index is 13.3. The second kappa shape index (κ2) is 10.3. The van der Waals surface area contributed by atoms with Gasteiger partial charge in [-0.3, -0.25) is 19.7 Å². The second-order valence-corrected chi connectivity index (χ2v) is 10.9. The summed E-state index contributed by atoms with van der Waals surface area (Å²) in [4.78, 5) is 18.0. The largest absolute Gasteiger partial charge is 0.495 e. The van der Waals surface area contributed by atoms with Crippen molar-refractivity contribution in [2.45, 2.75) is 25.6 Å². The van der Waals surface area contributed by atoms with E-state index in [9.17, 15) is 26.4 Å². The Morgan fingerprint density at radius 2 is 1.92 bits per heavy atom. The lowest BCUT2D eigenvalue weighted by Gasteiger charge is -2.29. The first kappa shape index (κ1) is 27.2. The molecule has 5 rings (SSSR count). The van der Waals surface area contributed by atoms with Crippen molar-refractivity contribution in [1.82, 2.24) is 14.4 Å².